The number of hydrogen-bond donors (Lipinski definition) is 2. The Balaban J connectivity index is 0.00000306. The number of nitrogens with one attached hydrogen (secondary N) is 1. The molecule has 0 unspecified atom stereocenters. The normalized spacial score (nSPS) is 11.3. The first kappa shape index (κ1) is 24.1. The Hall–Kier alpha value is -3.55. The number of thiophene rings is 1. The lowest BCUT2D eigenvalue weighted by molar-refractivity contribution is -0.137. The van der Waals surface area contributed by atoms with E-state index in [-0.39, 0.29) is 23.7 Å². The molecule has 2 aromatic heterocycles. The molecule has 4 aromatic rings. The molecule has 4 rings (SSSR count). The van der Waals surface area contributed by atoms with Crippen LogP contribution in [0.2, 0.25) is 0 Å². The van der Waals surface area contributed by atoms with Gasteiger partial charge in [-0.25, -0.2) is 0 Å². The molecular weight excluding hydrogens is 463 g/mol. The van der Waals surface area contributed by atoms with Crippen LogP contribution < -0.4 is 5.32 Å². The summed E-state index contributed by atoms with van der Waals surface area (Å²) in [5, 5.41) is 11.5. The fourth-order valence-corrected chi connectivity index (χ4v) is 4.21. The molecule has 1 atom stereocenters. The van der Waals surface area contributed by atoms with Crippen LogP contribution in [0.5, 0.6) is 0 Å². The van der Waals surface area contributed by atoms with E-state index < -0.39 is 23.0 Å². The average Bonchev–Trinajstić information content (AvgIpc) is 3.21. The zero-order valence-electron chi connectivity index (χ0n) is 17.3. The van der Waals surface area contributed by atoms with Crippen molar-refractivity contribution in [3.05, 3.63) is 101 Å². The Bertz CT molecular complexity index is 1230. The van der Waals surface area contributed by atoms with Crippen molar-refractivity contribution in [1.29, 1.82) is 0 Å². The van der Waals surface area contributed by atoms with E-state index in [2.05, 4.69) is 10.3 Å². The second-order valence-electron chi connectivity index (χ2n) is 7.15. The van der Waals surface area contributed by atoms with Gasteiger partial charge in [0.1, 0.15) is 0 Å². The van der Waals surface area contributed by atoms with Crippen molar-refractivity contribution in [1.82, 2.24) is 10.3 Å². The Labute approximate surface area is 200 Å². The van der Waals surface area contributed by atoms with Crippen LogP contribution >= 0.6 is 23.7 Å². The van der Waals surface area contributed by atoms with E-state index in [4.69, 9.17) is 0 Å². The number of benzene rings is 2. The van der Waals surface area contributed by atoms with Gasteiger partial charge in [0, 0.05) is 18.0 Å². The number of halogens is 2. The van der Waals surface area contributed by atoms with Crippen molar-refractivity contribution < 1.29 is 19.1 Å². The molecule has 33 heavy (non-hydrogen) atoms. The lowest BCUT2D eigenvalue weighted by Gasteiger charge is -2.16. The van der Waals surface area contributed by atoms with Crippen molar-refractivity contribution in [2.75, 3.05) is 0 Å². The van der Waals surface area contributed by atoms with E-state index in [0.717, 1.165) is 22.5 Å². The van der Waals surface area contributed by atoms with Crippen molar-refractivity contribution in [2.45, 2.75) is 12.5 Å². The second-order valence-corrected chi connectivity index (χ2v) is 8.15. The molecule has 1 amide bonds. The lowest BCUT2D eigenvalue weighted by Crippen LogP contribution is -2.29. The molecule has 0 aliphatic rings. The number of pyridine rings is 1. The summed E-state index contributed by atoms with van der Waals surface area (Å²) in [6.45, 7) is 0. The molecule has 0 radical (unpaired) electrons. The number of carbonyl (C=O) groups is 2. The maximum absolute atomic E-state index is 14.7. The molecular formula is C25H20ClFN2O3S. The molecule has 168 valence electrons. The van der Waals surface area contributed by atoms with Crippen LogP contribution in [0.1, 0.15) is 27.7 Å². The fourth-order valence-electron chi connectivity index (χ4n) is 3.41. The van der Waals surface area contributed by atoms with E-state index >= 15 is 0 Å². The summed E-state index contributed by atoms with van der Waals surface area (Å²) in [5.41, 5.74) is 3.63. The summed E-state index contributed by atoms with van der Waals surface area (Å²) >= 11 is 0.740. The predicted molar refractivity (Wildman–Crippen MR) is 129 cm³/mol. The smallest absolute Gasteiger partial charge is 0.305 e. The summed E-state index contributed by atoms with van der Waals surface area (Å²) in [7, 11) is 0. The maximum Gasteiger partial charge on any atom is 0.305 e. The molecule has 0 fully saturated rings. The van der Waals surface area contributed by atoms with Crippen LogP contribution in [0.15, 0.2) is 85.2 Å². The molecule has 2 aromatic carbocycles. The summed E-state index contributed by atoms with van der Waals surface area (Å²) in [5.74, 6) is -1.55. The minimum atomic E-state index is -1.04. The number of hydrogen-bond acceptors (Lipinski definition) is 4. The summed E-state index contributed by atoms with van der Waals surface area (Å²) in [4.78, 5) is 28.2. The summed E-state index contributed by atoms with van der Waals surface area (Å²) in [6, 6.07) is 20.8. The van der Waals surface area contributed by atoms with Crippen molar-refractivity contribution in [3.63, 3.8) is 0 Å². The minimum absolute atomic E-state index is 0. The lowest BCUT2D eigenvalue weighted by atomic mass is 10.0. The molecule has 2 N–H and O–H groups in total. The minimum Gasteiger partial charge on any atom is -0.481 e. The number of nitrogens with zero attached hydrogens (tertiary/aromatic N) is 1. The molecule has 0 aliphatic carbocycles. The van der Waals surface area contributed by atoms with Gasteiger partial charge in [0.15, 0.2) is 5.13 Å². The van der Waals surface area contributed by atoms with E-state index in [0.29, 0.717) is 16.7 Å². The van der Waals surface area contributed by atoms with Gasteiger partial charge in [-0.05, 0) is 40.5 Å². The standard InChI is InChI=1S/C25H19FN2O3S.ClH/c26-24-20(18-8-6-16(7-9-18)17-10-12-27-13-11-17)14-22(32-24)25(31)28-21(15-23(29)30)19-4-2-1-3-5-19;/h1-14,21H,15H2,(H,28,31)(H,29,30);1H/t21-;/m1./s1. The van der Waals surface area contributed by atoms with Crippen molar-refractivity contribution in [2.24, 2.45) is 0 Å². The van der Waals surface area contributed by atoms with Gasteiger partial charge in [-0.15, -0.1) is 23.7 Å². The van der Waals surface area contributed by atoms with Gasteiger partial charge in [-0.3, -0.25) is 14.6 Å². The average molecular weight is 483 g/mol. The molecule has 0 saturated heterocycles. The van der Waals surface area contributed by atoms with Crippen LogP contribution in [0, 0.1) is 5.13 Å². The van der Waals surface area contributed by atoms with Gasteiger partial charge in [0.25, 0.3) is 5.91 Å². The monoisotopic (exact) mass is 482 g/mol. The molecule has 0 aliphatic heterocycles. The first-order valence-corrected chi connectivity index (χ1v) is 10.7. The molecule has 2 heterocycles. The van der Waals surface area contributed by atoms with Crippen LogP contribution in [-0.2, 0) is 4.79 Å². The summed E-state index contributed by atoms with van der Waals surface area (Å²) < 4.78 is 14.7. The Morgan fingerprint density at radius 2 is 1.55 bits per heavy atom. The first-order valence-electron chi connectivity index (χ1n) is 9.89. The number of carboxylic acid groups (broad SMARTS) is 1. The second kappa shape index (κ2) is 10.8. The molecule has 5 nitrogen and oxygen atoms in total. The van der Waals surface area contributed by atoms with Crippen LogP contribution in [0.4, 0.5) is 4.39 Å². The zero-order valence-corrected chi connectivity index (χ0v) is 18.9. The Kier molecular flexibility index (Phi) is 7.92. The van der Waals surface area contributed by atoms with E-state index in [1.165, 1.54) is 6.07 Å². The van der Waals surface area contributed by atoms with Crippen molar-refractivity contribution >= 4 is 35.6 Å². The number of rotatable bonds is 7. The van der Waals surface area contributed by atoms with Crippen molar-refractivity contribution in [3.8, 4) is 22.3 Å². The molecule has 8 heteroatoms. The Morgan fingerprint density at radius 1 is 0.939 bits per heavy atom. The van der Waals surface area contributed by atoms with Gasteiger partial charge in [-0.2, -0.15) is 4.39 Å². The number of carbonyl (C=O) groups excluding carboxylic acids is 1. The highest BCUT2D eigenvalue weighted by molar-refractivity contribution is 7.12. The number of carboxylic acids is 1. The number of amides is 1. The first-order chi connectivity index (χ1) is 15.5. The van der Waals surface area contributed by atoms with Crippen LogP contribution in [-0.4, -0.2) is 22.0 Å². The van der Waals surface area contributed by atoms with E-state index in [1.807, 2.05) is 30.3 Å². The van der Waals surface area contributed by atoms with Crippen LogP contribution in [0.25, 0.3) is 22.3 Å². The third-order valence-corrected chi connectivity index (χ3v) is 5.93. The highest BCUT2D eigenvalue weighted by Gasteiger charge is 2.22. The quantitative estimate of drug-likeness (QED) is 0.339. The highest BCUT2D eigenvalue weighted by atomic mass is 35.5. The Morgan fingerprint density at radius 3 is 2.18 bits per heavy atom. The largest absolute Gasteiger partial charge is 0.481 e. The number of aliphatic carboxylic acids is 1. The predicted octanol–water partition coefficient (Wildman–Crippen LogP) is 5.98. The highest BCUT2D eigenvalue weighted by Crippen LogP contribution is 2.32. The van der Waals surface area contributed by atoms with E-state index in [1.54, 1.807) is 48.8 Å². The van der Waals surface area contributed by atoms with Crippen LogP contribution in [0.3, 0.4) is 0 Å². The van der Waals surface area contributed by atoms with Gasteiger partial charge < -0.3 is 10.4 Å². The molecule has 0 saturated carbocycles. The third-order valence-electron chi connectivity index (χ3n) is 5.01. The zero-order chi connectivity index (χ0) is 22.5. The van der Waals surface area contributed by atoms with Gasteiger partial charge in [0.05, 0.1) is 17.3 Å². The number of aromatic nitrogens is 1. The molecule has 0 spiro atoms. The van der Waals surface area contributed by atoms with Gasteiger partial charge in [0.2, 0.25) is 0 Å². The summed E-state index contributed by atoms with van der Waals surface area (Å²) in [6.07, 6.45) is 3.15. The third kappa shape index (κ3) is 5.83. The van der Waals surface area contributed by atoms with E-state index in [9.17, 15) is 19.1 Å². The van der Waals surface area contributed by atoms with Gasteiger partial charge in [-0.1, -0.05) is 54.6 Å². The maximum atomic E-state index is 14.7. The van der Waals surface area contributed by atoms with Gasteiger partial charge >= 0.3 is 5.97 Å². The topological polar surface area (TPSA) is 79.3 Å². The SMILES string of the molecule is Cl.O=C(O)C[C@@H](NC(=O)c1cc(-c2ccc(-c3ccncc3)cc2)c(F)s1)c1ccccc1. The fraction of sp³-hybridized carbons (Fsp3) is 0.0800. The molecule has 0 bridgehead atoms.